The molecule has 9 heteroatoms. The number of hydrogen-bond acceptors (Lipinski definition) is 4. The smallest absolute Gasteiger partial charge is 0.224 e. The molecular formula is C26H33Cl2N3O3S. The van der Waals surface area contributed by atoms with Crippen molar-refractivity contribution in [2.45, 2.75) is 50.9 Å². The minimum Gasteiger partial charge on any atom is -0.352 e. The van der Waals surface area contributed by atoms with Gasteiger partial charge in [0.25, 0.3) is 0 Å². The van der Waals surface area contributed by atoms with Crippen LogP contribution in [0.3, 0.4) is 0 Å². The van der Waals surface area contributed by atoms with E-state index in [1.807, 2.05) is 12.1 Å². The van der Waals surface area contributed by atoms with E-state index in [4.69, 9.17) is 23.2 Å². The molecule has 1 N–H and O–H groups in total. The number of sulfonamides is 1. The van der Waals surface area contributed by atoms with Crippen LogP contribution in [-0.2, 0) is 33.7 Å². The van der Waals surface area contributed by atoms with Crippen molar-refractivity contribution >= 4 is 39.1 Å². The second kappa shape index (κ2) is 12.1. The number of rotatable bonds is 8. The molecule has 190 valence electrons. The van der Waals surface area contributed by atoms with Gasteiger partial charge in [-0.05, 0) is 67.6 Å². The van der Waals surface area contributed by atoms with Gasteiger partial charge in [-0.2, -0.15) is 0 Å². The van der Waals surface area contributed by atoms with Gasteiger partial charge in [-0.1, -0.05) is 60.0 Å². The number of halogens is 2. The highest BCUT2D eigenvalue weighted by atomic mass is 35.5. The highest BCUT2D eigenvalue weighted by Crippen LogP contribution is 2.26. The number of piperidine rings is 2. The third-order valence-electron chi connectivity index (χ3n) is 6.92. The Morgan fingerprint density at radius 1 is 0.943 bits per heavy atom. The summed E-state index contributed by atoms with van der Waals surface area (Å²) in [6.07, 6.45) is 5.11. The molecule has 0 radical (unpaired) electrons. The Hall–Kier alpha value is -1.64. The average molecular weight is 539 g/mol. The number of benzene rings is 2. The molecule has 0 bridgehead atoms. The average Bonchev–Trinajstić information content (AvgIpc) is 2.86. The normalized spacial score (nSPS) is 20.0. The lowest BCUT2D eigenvalue weighted by molar-refractivity contribution is -0.126. The molecule has 35 heavy (non-hydrogen) atoms. The predicted molar refractivity (Wildman–Crippen MR) is 141 cm³/mol. The Kier molecular flexibility index (Phi) is 9.11. The van der Waals surface area contributed by atoms with Crippen molar-refractivity contribution in [1.82, 2.24) is 14.5 Å². The lowest BCUT2D eigenvalue weighted by Gasteiger charge is -2.31. The zero-order valence-electron chi connectivity index (χ0n) is 19.9. The summed E-state index contributed by atoms with van der Waals surface area (Å²) < 4.78 is 27.6. The molecule has 0 saturated carbocycles. The first-order chi connectivity index (χ1) is 16.8. The standard InChI is InChI=1S/C26H33Cl2N3O3S/c27-24-11-10-23(25(28)15-24)19-35(33,34)31-14-6-9-22(18-31)26(32)29-16-20-7-2-3-8-21(20)17-30-12-4-1-5-13-30/h2-3,7-8,10-11,15,22H,1,4-6,9,12-14,16-19H2,(H,29,32). The van der Waals surface area contributed by atoms with E-state index in [9.17, 15) is 13.2 Å². The molecule has 0 aromatic heterocycles. The fraction of sp³-hybridized carbons (Fsp3) is 0.500. The number of amides is 1. The lowest BCUT2D eigenvalue weighted by Crippen LogP contribution is -2.45. The summed E-state index contributed by atoms with van der Waals surface area (Å²) in [5.41, 5.74) is 2.86. The van der Waals surface area contributed by atoms with Gasteiger partial charge in [-0.25, -0.2) is 12.7 Å². The minimum atomic E-state index is -3.61. The maximum Gasteiger partial charge on any atom is 0.224 e. The molecule has 4 rings (SSSR count). The van der Waals surface area contributed by atoms with Gasteiger partial charge >= 0.3 is 0 Å². The van der Waals surface area contributed by atoms with Gasteiger partial charge in [-0.15, -0.1) is 0 Å². The van der Waals surface area contributed by atoms with E-state index in [-0.39, 0.29) is 24.1 Å². The number of carbonyl (C=O) groups is 1. The van der Waals surface area contributed by atoms with Gasteiger partial charge in [0.2, 0.25) is 15.9 Å². The molecule has 2 fully saturated rings. The van der Waals surface area contributed by atoms with Gasteiger partial charge in [-0.3, -0.25) is 9.69 Å². The van der Waals surface area contributed by atoms with Gasteiger partial charge < -0.3 is 5.32 Å². The molecule has 2 heterocycles. The van der Waals surface area contributed by atoms with E-state index in [1.165, 1.54) is 29.1 Å². The molecule has 2 aliphatic heterocycles. The van der Waals surface area contributed by atoms with E-state index in [0.717, 1.165) is 25.2 Å². The van der Waals surface area contributed by atoms with E-state index >= 15 is 0 Å². The van der Waals surface area contributed by atoms with Crippen molar-refractivity contribution < 1.29 is 13.2 Å². The summed E-state index contributed by atoms with van der Waals surface area (Å²) in [4.78, 5) is 15.5. The van der Waals surface area contributed by atoms with Crippen LogP contribution >= 0.6 is 23.2 Å². The number of hydrogen-bond donors (Lipinski definition) is 1. The van der Waals surface area contributed by atoms with Crippen LogP contribution in [0.2, 0.25) is 10.0 Å². The predicted octanol–water partition coefficient (Wildman–Crippen LogP) is 4.84. The monoisotopic (exact) mass is 537 g/mol. The Morgan fingerprint density at radius 3 is 2.43 bits per heavy atom. The van der Waals surface area contributed by atoms with Crippen LogP contribution in [0.1, 0.15) is 48.8 Å². The molecule has 6 nitrogen and oxygen atoms in total. The molecule has 2 saturated heterocycles. The molecular weight excluding hydrogens is 505 g/mol. The molecule has 2 aliphatic rings. The van der Waals surface area contributed by atoms with E-state index in [0.29, 0.717) is 41.5 Å². The number of likely N-dealkylation sites (tertiary alicyclic amines) is 1. The van der Waals surface area contributed by atoms with Crippen molar-refractivity contribution in [3.63, 3.8) is 0 Å². The van der Waals surface area contributed by atoms with Gasteiger partial charge in [0.1, 0.15) is 0 Å². The van der Waals surface area contributed by atoms with Crippen LogP contribution < -0.4 is 5.32 Å². The molecule has 2 aromatic rings. The molecule has 1 atom stereocenters. The molecule has 1 amide bonds. The second-order valence-electron chi connectivity index (χ2n) is 9.51. The van der Waals surface area contributed by atoms with Crippen molar-refractivity contribution in [2.75, 3.05) is 26.2 Å². The highest BCUT2D eigenvalue weighted by Gasteiger charge is 2.32. The highest BCUT2D eigenvalue weighted by molar-refractivity contribution is 7.88. The number of carbonyl (C=O) groups excluding carboxylic acids is 1. The lowest BCUT2D eigenvalue weighted by atomic mass is 9.98. The fourth-order valence-corrected chi connectivity index (χ4v) is 7.10. The molecule has 0 aliphatic carbocycles. The first-order valence-electron chi connectivity index (χ1n) is 12.3. The van der Waals surface area contributed by atoms with Crippen LogP contribution in [0, 0.1) is 5.92 Å². The summed E-state index contributed by atoms with van der Waals surface area (Å²) >= 11 is 12.1. The first-order valence-corrected chi connectivity index (χ1v) is 14.7. The minimum absolute atomic E-state index is 0.0952. The van der Waals surface area contributed by atoms with Crippen molar-refractivity contribution in [3.05, 3.63) is 69.2 Å². The van der Waals surface area contributed by atoms with Crippen LogP contribution in [0.25, 0.3) is 0 Å². The zero-order valence-corrected chi connectivity index (χ0v) is 22.2. The summed E-state index contributed by atoms with van der Waals surface area (Å²) in [5.74, 6) is -0.669. The molecule has 2 aromatic carbocycles. The van der Waals surface area contributed by atoms with Gasteiger partial charge in [0.15, 0.2) is 0 Å². The maximum absolute atomic E-state index is 13.1. The van der Waals surface area contributed by atoms with E-state index in [1.54, 1.807) is 18.2 Å². The largest absolute Gasteiger partial charge is 0.352 e. The topological polar surface area (TPSA) is 69.7 Å². The summed E-state index contributed by atoms with van der Waals surface area (Å²) in [6.45, 7) is 4.19. The Balaban J connectivity index is 1.35. The van der Waals surface area contributed by atoms with Crippen LogP contribution in [0.4, 0.5) is 0 Å². The van der Waals surface area contributed by atoms with Crippen molar-refractivity contribution in [1.29, 1.82) is 0 Å². The quantitative estimate of drug-likeness (QED) is 0.523. The van der Waals surface area contributed by atoms with E-state index < -0.39 is 10.0 Å². The van der Waals surface area contributed by atoms with Crippen LogP contribution in [0.15, 0.2) is 42.5 Å². The maximum atomic E-state index is 13.1. The van der Waals surface area contributed by atoms with Crippen LogP contribution in [-0.4, -0.2) is 49.7 Å². The Bertz CT molecular complexity index is 1140. The van der Waals surface area contributed by atoms with Gasteiger partial charge in [0.05, 0.1) is 11.7 Å². The summed E-state index contributed by atoms with van der Waals surface area (Å²) in [7, 11) is -3.61. The summed E-state index contributed by atoms with van der Waals surface area (Å²) in [6, 6.07) is 13.1. The Morgan fingerprint density at radius 2 is 1.69 bits per heavy atom. The van der Waals surface area contributed by atoms with Crippen molar-refractivity contribution in [3.8, 4) is 0 Å². The fourth-order valence-electron chi connectivity index (χ4n) is 4.90. The first kappa shape index (κ1) is 26.4. The third-order valence-corrected chi connectivity index (χ3v) is 9.30. The summed E-state index contributed by atoms with van der Waals surface area (Å²) in [5, 5.41) is 3.86. The molecule has 0 spiro atoms. The molecule has 1 unspecified atom stereocenters. The van der Waals surface area contributed by atoms with Crippen LogP contribution in [0.5, 0.6) is 0 Å². The van der Waals surface area contributed by atoms with Crippen molar-refractivity contribution in [2.24, 2.45) is 5.92 Å². The second-order valence-corrected chi connectivity index (χ2v) is 12.3. The Labute approximate surface area is 218 Å². The third kappa shape index (κ3) is 7.20. The van der Waals surface area contributed by atoms with Gasteiger partial charge in [0, 0.05) is 36.2 Å². The SMILES string of the molecule is O=C(NCc1ccccc1CN1CCCCC1)C1CCCN(S(=O)(=O)Cc2ccc(Cl)cc2Cl)C1. The van der Waals surface area contributed by atoms with E-state index in [2.05, 4.69) is 22.3 Å². The zero-order chi connectivity index (χ0) is 24.8. The number of nitrogens with one attached hydrogen (secondary N) is 1. The number of nitrogens with zero attached hydrogens (tertiary/aromatic N) is 2.